The lowest BCUT2D eigenvalue weighted by Crippen LogP contribution is -2.51. The summed E-state index contributed by atoms with van der Waals surface area (Å²) in [6.07, 6.45) is 8.97. The van der Waals surface area contributed by atoms with Gasteiger partial charge < -0.3 is 24.3 Å². The number of anilines is 2. The number of rotatable bonds is 16. The van der Waals surface area contributed by atoms with Gasteiger partial charge in [0.1, 0.15) is 36.5 Å². The number of alkyl halides is 2. The number of hydrogen-bond acceptors (Lipinski definition) is 13. The van der Waals surface area contributed by atoms with Gasteiger partial charge in [0.05, 0.1) is 49.8 Å². The maximum absolute atomic E-state index is 12.5. The number of nitrogens with one attached hydrogen (secondary N) is 1. The minimum absolute atomic E-state index is 0.154. The van der Waals surface area contributed by atoms with Gasteiger partial charge in [-0.2, -0.15) is 5.26 Å². The molecule has 3 aromatic heterocycles. The first-order chi connectivity index (χ1) is 25.2. The number of benzene rings is 1. The third-order valence-corrected chi connectivity index (χ3v) is 9.12. The van der Waals surface area contributed by atoms with E-state index in [-0.39, 0.29) is 37.6 Å². The van der Waals surface area contributed by atoms with Gasteiger partial charge in [0.25, 0.3) is 12.3 Å². The monoisotopic (exact) mass is 721 g/mol. The second-order valence-corrected chi connectivity index (χ2v) is 13.4. The normalized spacial score (nSPS) is 21.5. The zero-order valence-corrected chi connectivity index (χ0v) is 29.6. The van der Waals surface area contributed by atoms with Crippen LogP contribution in [-0.4, -0.2) is 109 Å². The van der Waals surface area contributed by atoms with Crippen molar-refractivity contribution in [2.75, 3.05) is 38.2 Å². The first kappa shape index (κ1) is 37.0. The topological polar surface area (TPSA) is 163 Å². The highest BCUT2D eigenvalue weighted by molar-refractivity contribution is 5.67. The van der Waals surface area contributed by atoms with Crippen LogP contribution < -0.4 is 14.8 Å². The van der Waals surface area contributed by atoms with Crippen LogP contribution in [0.25, 0.3) is 11.1 Å². The molecule has 17 heteroatoms. The number of hydrogen-bond donors (Lipinski definition) is 1. The highest BCUT2D eigenvalue weighted by atomic mass is 19.3. The second kappa shape index (κ2) is 17.6. The van der Waals surface area contributed by atoms with Gasteiger partial charge in [-0.3, -0.25) is 9.58 Å². The fraction of sp³-hybridized carbons (Fsp3) is 0.571. The zero-order chi connectivity index (χ0) is 36.5. The molecule has 4 aromatic rings. The van der Waals surface area contributed by atoms with Gasteiger partial charge in [-0.1, -0.05) is 6.07 Å². The first-order valence-electron chi connectivity index (χ1n) is 17.7. The van der Waals surface area contributed by atoms with E-state index in [0.717, 1.165) is 49.9 Å². The van der Waals surface area contributed by atoms with E-state index in [9.17, 15) is 14.0 Å². The van der Waals surface area contributed by atoms with Gasteiger partial charge in [-0.05, 0) is 74.6 Å². The molecule has 1 aliphatic heterocycles. The summed E-state index contributed by atoms with van der Waals surface area (Å²) >= 11 is 0. The Morgan fingerprint density at radius 3 is 2.48 bits per heavy atom. The third kappa shape index (κ3) is 9.96. The Labute approximate surface area is 301 Å². The molecule has 3 atom stereocenters. The highest BCUT2D eigenvalue weighted by Gasteiger charge is 2.32. The van der Waals surface area contributed by atoms with Crippen molar-refractivity contribution in [1.29, 1.82) is 5.26 Å². The molecular weight excluding hydrogens is 676 g/mol. The molecule has 0 unspecified atom stereocenters. The Morgan fingerprint density at radius 1 is 1.04 bits per heavy atom. The minimum Gasteiger partial charge on any atom is -0.487 e. The van der Waals surface area contributed by atoms with Crippen LogP contribution >= 0.6 is 0 Å². The molecular formula is C35H45F2N11O4. The summed E-state index contributed by atoms with van der Waals surface area (Å²) in [5.74, 6) is 1.15. The molecule has 0 radical (unpaired) electrons. The van der Waals surface area contributed by atoms with Crippen LogP contribution in [-0.2, 0) is 16.0 Å². The Bertz CT molecular complexity index is 1730. The number of ether oxygens (including phenoxy) is 4. The number of tetrazole rings is 1. The third-order valence-electron chi connectivity index (χ3n) is 9.12. The van der Waals surface area contributed by atoms with E-state index >= 15 is 0 Å². The SMILES string of the molecule is C[C@@H]1CN([C@H]2CC[C@H](n3cc(Nc4ncc(-c5ccc(C#N)c(O[C@@H](C)Cn6cnnn6)c5)cn4)c(OCCCOCC(F)F)n3)CC2)C[C@H](C)O1. The Hall–Kier alpha value is -4.79. The quantitative estimate of drug-likeness (QED) is 0.153. The highest BCUT2D eigenvalue weighted by Crippen LogP contribution is 2.35. The lowest BCUT2D eigenvalue weighted by molar-refractivity contribution is -0.0852. The summed E-state index contributed by atoms with van der Waals surface area (Å²) in [6.45, 7) is 8.26. The van der Waals surface area contributed by atoms with Crippen molar-refractivity contribution in [3.05, 3.63) is 48.7 Å². The Kier molecular flexibility index (Phi) is 12.5. The van der Waals surface area contributed by atoms with Crippen LogP contribution in [0.15, 0.2) is 43.1 Å². The molecule has 0 amide bonds. The molecule has 2 aliphatic rings. The molecule has 278 valence electrons. The summed E-state index contributed by atoms with van der Waals surface area (Å²) in [5, 5.41) is 28.9. The van der Waals surface area contributed by atoms with Crippen LogP contribution in [0.2, 0.25) is 0 Å². The lowest BCUT2D eigenvalue weighted by atomic mass is 9.89. The van der Waals surface area contributed by atoms with Crippen molar-refractivity contribution >= 4 is 11.6 Å². The number of aromatic nitrogens is 8. The number of nitrogens with zero attached hydrogens (tertiary/aromatic N) is 10. The van der Waals surface area contributed by atoms with Crippen molar-refractivity contribution in [3.63, 3.8) is 0 Å². The predicted molar refractivity (Wildman–Crippen MR) is 185 cm³/mol. The molecule has 1 aromatic carbocycles. The summed E-state index contributed by atoms with van der Waals surface area (Å²) in [6, 6.07) is 8.21. The van der Waals surface area contributed by atoms with E-state index in [4.69, 9.17) is 24.0 Å². The van der Waals surface area contributed by atoms with Gasteiger partial charge in [-0.25, -0.2) is 23.4 Å². The van der Waals surface area contributed by atoms with Crippen LogP contribution in [0.4, 0.5) is 20.4 Å². The molecule has 15 nitrogen and oxygen atoms in total. The van der Waals surface area contributed by atoms with Gasteiger partial charge in [0.2, 0.25) is 5.95 Å². The molecule has 1 N–H and O–H groups in total. The van der Waals surface area contributed by atoms with E-state index in [2.05, 4.69) is 55.6 Å². The van der Waals surface area contributed by atoms with E-state index in [1.54, 1.807) is 29.2 Å². The average Bonchev–Trinajstić information content (AvgIpc) is 3.79. The molecule has 1 aliphatic carbocycles. The Balaban J connectivity index is 1.12. The van der Waals surface area contributed by atoms with E-state index in [1.165, 1.54) is 6.33 Å². The standard InChI is InChI=1S/C35H45F2N11O4/c1-23-17-46(18-24(2)51-23)29-7-9-30(10-8-29)48-20-31(34(43-48)50-12-4-11-49-21-33(36)37)42-35-39-15-28(16-40-35)26-5-6-27(14-38)32(13-26)52-25(3)19-47-22-41-44-45-47/h5-6,13,15-16,20,22-25,29-30,33H,4,7-12,17-19,21H2,1-3H3,(H,39,40,42)/t23-,24+,25-,29-,30-/m0/s1. The van der Waals surface area contributed by atoms with Crippen LogP contribution in [0.3, 0.4) is 0 Å². The zero-order valence-electron chi connectivity index (χ0n) is 29.6. The molecule has 6 rings (SSSR count). The first-order valence-corrected chi connectivity index (χ1v) is 17.7. The minimum atomic E-state index is -2.51. The maximum atomic E-state index is 12.5. The molecule has 1 saturated heterocycles. The molecule has 1 saturated carbocycles. The van der Waals surface area contributed by atoms with Crippen molar-refractivity contribution in [1.82, 2.24) is 44.9 Å². The number of morpholine rings is 1. The van der Waals surface area contributed by atoms with Gasteiger partial charge >= 0.3 is 0 Å². The van der Waals surface area contributed by atoms with Gasteiger partial charge in [0, 0.05) is 43.5 Å². The van der Waals surface area contributed by atoms with E-state index in [0.29, 0.717) is 47.8 Å². The summed E-state index contributed by atoms with van der Waals surface area (Å²) in [4.78, 5) is 11.7. The van der Waals surface area contributed by atoms with E-state index in [1.807, 2.05) is 23.9 Å². The number of nitriles is 1. The second-order valence-electron chi connectivity index (χ2n) is 13.4. The smallest absolute Gasteiger partial charge is 0.261 e. The molecule has 0 bridgehead atoms. The molecule has 0 spiro atoms. The Morgan fingerprint density at radius 2 is 1.79 bits per heavy atom. The molecule has 4 heterocycles. The van der Waals surface area contributed by atoms with Crippen molar-refractivity contribution in [2.45, 2.75) is 96.2 Å². The van der Waals surface area contributed by atoms with Crippen LogP contribution in [0, 0.1) is 11.3 Å². The average molecular weight is 722 g/mol. The van der Waals surface area contributed by atoms with Gasteiger partial charge in [-0.15, -0.1) is 10.2 Å². The molecule has 52 heavy (non-hydrogen) atoms. The lowest BCUT2D eigenvalue weighted by Gasteiger charge is -2.42. The fourth-order valence-corrected chi connectivity index (χ4v) is 6.80. The fourth-order valence-electron chi connectivity index (χ4n) is 6.80. The summed E-state index contributed by atoms with van der Waals surface area (Å²) in [5.41, 5.74) is 2.50. The van der Waals surface area contributed by atoms with Crippen molar-refractivity contribution in [3.8, 4) is 28.8 Å². The van der Waals surface area contributed by atoms with Crippen LogP contribution in [0.5, 0.6) is 11.6 Å². The predicted octanol–water partition coefficient (Wildman–Crippen LogP) is 5.05. The van der Waals surface area contributed by atoms with Crippen molar-refractivity contribution < 1.29 is 27.7 Å². The summed E-state index contributed by atoms with van der Waals surface area (Å²) < 4.78 is 51.5. The van der Waals surface area contributed by atoms with Gasteiger partial charge in [0.15, 0.2) is 0 Å². The molecule has 2 fully saturated rings. The largest absolute Gasteiger partial charge is 0.487 e. The van der Waals surface area contributed by atoms with Crippen LogP contribution in [0.1, 0.15) is 64.5 Å². The number of halogens is 2. The van der Waals surface area contributed by atoms with Crippen molar-refractivity contribution in [2.24, 2.45) is 0 Å². The summed E-state index contributed by atoms with van der Waals surface area (Å²) in [7, 11) is 0. The van der Waals surface area contributed by atoms with E-state index < -0.39 is 13.0 Å². The maximum Gasteiger partial charge on any atom is 0.261 e.